The molecule has 0 fully saturated rings. The van der Waals surface area contributed by atoms with Crippen LogP contribution in [-0.4, -0.2) is 23.6 Å². The maximum Gasteiger partial charge on any atom is 0.416 e. The van der Waals surface area contributed by atoms with Crippen LogP contribution in [0.2, 0.25) is 0 Å². The van der Waals surface area contributed by atoms with Crippen molar-refractivity contribution in [1.82, 2.24) is 0 Å². The van der Waals surface area contributed by atoms with Gasteiger partial charge in [0.1, 0.15) is 5.75 Å². The molecule has 30 heavy (non-hydrogen) atoms. The first-order valence-corrected chi connectivity index (χ1v) is 8.76. The first kappa shape index (κ1) is 20.9. The van der Waals surface area contributed by atoms with Crippen molar-refractivity contribution in [3.8, 4) is 16.9 Å². The standard InChI is InChI=1S/C22H16F3NO4/c23-22(24,25)17-7-9-18(10-8-17)26-20(28)13-30-21(29)16-3-1-14(2-4-16)15-5-11-19(27)12-6-15/h1-12,27H,13H2,(H,26,28). The highest BCUT2D eigenvalue weighted by atomic mass is 19.4. The van der Waals surface area contributed by atoms with Gasteiger partial charge in [0.05, 0.1) is 11.1 Å². The number of benzene rings is 3. The summed E-state index contributed by atoms with van der Waals surface area (Å²) in [5.41, 5.74) is 1.24. The molecule has 0 aliphatic rings. The van der Waals surface area contributed by atoms with E-state index in [9.17, 15) is 27.9 Å². The summed E-state index contributed by atoms with van der Waals surface area (Å²) in [6, 6.07) is 17.0. The summed E-state index contributed by atoms with van der Waals surface area (Å²) in [5, 5.41) is 11.7. The molecule has 0 saturated heterocycles. The second-order valence-electron chi connectivity index (χ2n) is 6.32. The van der Waals surface area contributed by atoms with Gasteiger partial charge in [0.25, 0.3) is 5.91 Å². The van der Waals surface area contributed by atoms with E-state index in [0.717, 1.165) is 35.4 Å². The number of amides is 1. The molecule has 5 nitrogen and oxygen atoms in total. The molecule has 0 atom stereocenters. The third kappa shape index (κ3) is 5.38. The number of halogens is 3. The maximum absolute atomic E-state index is 12.5. The molecular formula is C22H16F3NO4. The zero-order valence-corrected chi connectivity index (χ0v) is 15.4. The average molecular weight is 415 g/mol. The third-order valence-corrected chi connectivity index (χ3v) is 4.15. The molecule has 3 rings (SSSR count). The summed E-state index contributed by atoms with van der Waals surface area (Å²) in [6.07, 6.45) is -4.46. The van der Waals surface area contributed by atoms with E-state index < -0.39 is 30.2 Å². The Kier molecular flexibility index (Phi) is 6.06. The molecule has 1 amide bonds. The SMILES string of the molecule is O=C(COC(=O)c1ccc(-c2ccc(O)cc2)cc1)Nc1ccc(C(F)(F)F)cc1. The Bertz CT molecular complexity index is 1030. The van der Waals surface area contributed by atoms with Crippen molar-refractivity contribution in [2.75, 3.05) is 11.9 Å². The molecule has 0 aliphatic carbocycles. The van der Waals surface area contributed by atoms with Crippen molar-refractivity contribution in [2.24, 2.45) is 0 Å². The minimum absolute atomic E-state index is 0.147. The Morgan fingerprint density at radius 1 is 0.833 bits per heavy atom. The highest BCUT2D eigenvalue weighted by molar-refractivity contribution is 5.95. The summed E-state index contributed by atoms with van der Waals surface area (Å²) < 4.78 is 42.5. The van der Waals surface area contributed by atoms with Gasteiger partial charge >= 0.3 is 12.1 Å². The van der Waals surface area contributed by atoms with E-state index in [4.69, 9.17) is 4.74 Å². The van der Waals surface area contributed by atoms with Gasteiger partial charge in [-0.25, -0.2) is 4.79 Å². The predicted octanol–water partition coefficient (Wildman–Crippen LogP) is 4.87. The van der Waals surface area contributed by atoms with E-state index in [1.165, 1.54) is 12.1 Å². The first-order valence-electron chi connectivity index (χ1n) is 8.76. The molecule has 3 aromatic rings. The van der Waals surface area contributed by atoms with E-state index in [2.05, 4.69) is 5.32 Å². The molecule has 0 unspecified atom stereocenters. The molecule has 0 saturated carbocycles. The lowest BCUT2D eigenvalue weighted by atomic mass is 10.0. The lowest BCUT2D eigenvalue weighted by Crippen LogP contribution is -2.21. The van der Waals surface area contributed by atoms with E-state index in [-0.39, 0.29) is 17.0 Å². The number of hydrogen-bond donors (Lipinski definition) is 2. The summed E-state index contributed by atoms with van der Waals surface area (Å²) in [6.45, 7) is -0.584. The fourth-order valence-electron chi connectivity index (χ4n) is 2.61. The van der Waals surface area contributed by atoms with Crippen LogP contribution in [-0.2, 0) is 15.7 Å². The van der Waals surface area contributed by atoms with E-state index in [0.29, 0.717) is 0 Å². The second kappa shape index (κ2) is 8.69. The fraction of sp³-hybridized carbons (Fsp3) is 0.0909. The lowest BCUT2D eigenvalue weighted by Gasteiger charge is -2.09. The van der Waals surface area contributed by atoms with Crippen molar-refractivity contribution in [2.45, 2.75) is 6.18 Å². The number of nitrogens with one attached hydrogen (secondary N) is 1. The topological polar surface area (TPSA) is 75.6 Å². The monoisotopic (exact) mass is 415 g/mol. The fourth-order valence-corrected chi connectivity index (χ4v) is 2.61. The summed E-state index contributed by atoms with van der Waals surface area (Å²) in [4.78, 5) is 24.0. The van der Waals surface area contributed by atoms with E-state index in [1.807, 2.05) is 0 Å². The van der Waals surface area contributed by atoms with Gasteiger partial charge in [-0.2, -0.15) is 13.2 Å². The van der Waals surface area contributed by atoms with Crippen LogP contribution >= 0.6 is 0 Å². The summed E-state index contributed by atoms with van der Waals surface area (Å²) in [5.74, 6) is -1.24. The number of ether oxygens (including phenoxy) is 1. The Labute approximate surface area is 169 Å². The molecule has 0 spiro atoms. The van der Waals surface area contributed by atoms with Crippen LogP contribution in [0.4, 0.5) is 18.9 Å². The van der Waals surface area contributed by atoms with Crippen molar-refractivity contribution < 1.29 is 32.6 Å². The molecule has 0 bridgehead atoms. The Morgan fingerprint density at radius 2 is 1.37 bits per heavy atom. The lowest BCUT2D eigenvalue weighted by molar-refractivity contribution is -0.137. The van der Waals surface area contributed by atoms with Crippen LogP contribution in [0.5, 0.6) is 5.75 Å². The van der Waals surface area contributed by atoms with E-state index in [1.54, 1.807) is 36.4 Å². The van der Waals surface area contributed by atoms with Crippen LogP contribution in [0.1, 0.15) is 15.9 Å². The molecule has 0 radical (unpaired) electrons. The number of hydrogen-bond acceptors (Lipinski definition) is 4. The molecule has 154 valence electrons. The van der Waals surface area contributed by atoms with Gasteiger partial charge in [0, 0.05) is 5.69 Å². The number of aromatic hydroxyl groups is 1. The Balaban J connectivity index is 1.53. The molecule has 3 aromatic carbocycles. The Hall–Kier alpha value is -3.81. The van der Waals surface area contributed by atoms with Gasteiger partial charge in [-0.1, -0.05) is 24.3 Å². The van der Waals surface area contributed by atoms with Crippen molar-refractivity contribution in [3.05, 3.63) is 83.9 Å². The molecular weight excluding hydrogens is 399 g/mol. The number of phenols is 1. The van der Waals surface area contributed by atoms with Gasteiger partial charge in [0.2, 0.25) is 0 Å². The third-order valence-electron chi connectivity index (χ3n) is 4.15. The zero-order valence-electron chi connectivity index (χ0n) is 15.4. The number of anilines is 1. The van der Waals surface area contributed by atoms with Crippen LogP contribution in [0.3, 0.4) is 0 Å². The van der Waals surface area contributed by atoms with Gasteiger partial charge in [0.15, 0.2) is 6.61 Å². The highest BCUT2D eigenvalue weighted by Gasteiger charge is 2.30. The maximum atomic E-state index is 12.5. The number of rotatable bonds is 5. The molecule has 8 heteroatoms. The highest BCUT2D eigenvalue weighted by Crippen LogP contribution is 2.29. The summed E-state index contributed by atoms with van der Waals surface area (Å²) >= 11 is 0. The van der Waals surface area contributed by atoms with Crippen LogP contribution in [0.15, 0.2) is 72.8 Å². The number of carbonyl (C=O) groups excluding carboxylic acids is 2. The van der Waals surface area contributed by atoms with Crippen molar-refractivity contribution in [3.63, 3.8) is 0 Å². The van der Waals surface area contributed by atoms with Crippen LogP contribution in [0, 0.1) is 0 Å². The number of alkyl halides is 3. The first-order chi connectivity index (χ1) is 14.2. The van der Waals surface area contributed by atoms with Gasteiger partial charge in [-0.3, -0.25) is 4.79 Å². The van der Waals surface area contributed by atoms with Crippen LogP contribution in [0.25, 0.3) is 11.1 Å². The number of carbonyl (C=O) groups is 2. The molecule has 0 heterocycles. The van der Waals surface area contributed by atoms with Crippen molar-refractivity contribution >= 4 is 17.6 Å². The smallest absolute Gasteiger partial charge is 0.416 e. The normalized spacial score (nSPS) is 11.0. The average Bonchev–Trinajstić information content (AvgIpc) is 2.72. The van der Waals surface area contributed by atoms with Gasteiger partial charge in [-0.05, 0) is 59.7 Å². The zero-order chi connectivity index (χ0) is 21.7. The van der Waals surface area contributed by atoms with Gasteiger partial charge < -0.3 is 15.2 Å². The van der Waals surface area contributed by atoms with Crippen LogP contribution < -0.4 is 5.32 Å². The molecule has 0 aliphatic heterocycles. The van der Waals surface area contributed by atoms with Gasteiger partial charge in [-0.15, -0.1) is 0 Å². The quantitative estimate of drug-likeness (QED) is 0.583. The Morgan fingerprint density at radius 3 is 1.90 bits per heavy atom. The largest absolute Gasteiger partial charge is 0.508 e. The van der Waals surface area contributed by atoms with E-state index >= 15 is 0 Å². The molecule has 2 N–H and O–H groups in total. The summed E-state index contributed by atoms with van der Waals surface area (Å²) in [7, 11) is 0. The minimum Gasteiger partial charge on any atom is -0.508 e. The number of phenolic OH excluding ortho intramolecular Hbond substituents is 1. The minimum atomic E-state index is -4.46. The molecule has 0 aromatic heterocycles. The predicted molar refractivity (Wildman–Crippen MR) is 104 cm³/mol. The second-order valence-corrected chi connectivity index (χ2v) is 6.32. The van der Waals surface area contributed by atoms with Crippen molar-refractivity contribution in [1.29, 1.82) is 0 Å². The number of esters is 1.